The van der Waals surface area contributed by atoms with Crippen LogP contribution in [0.4, 0.5) is 8.78 Å². The molecule has 1 N–H and O–H groups in total. The Morgan fingerprint density at radius 3 is 2.33 bits per heavy atom. The van der Waals surface area contributed by atoms with Crippen LogP contribution in [0.3, 0.4) is 0 Å². The normalized spacial score (nSPS) is 13.1. The van der Waals surface area contributed by atoms with Gasteiger partial charge in [0.25, 0.3) is 0 Å². The van der Waals surface area contributed by atoms with E-state index < -0.39 is 23.8 Å². The maximum absolute atomic E-state index is 14.9. The van der Waals surface area contributed by atoms with Gasteiger partial charge in [0.05, 0.1) is 12.7 Å². The maximum Gasteiger partial charge on any atom is 0.334 e. The molecule has 144 valence electrons. The fourth-order valence-electron chi connectivity index (χ4n) is 2.35. The van der Waals surface area contributed by atoms with Crippen molar-refractivity contribution in [2.45, 2.75) is 32.5 Å². The number of alkyl halides is 2. The van der Waals surface area contributed by atoms with Gasteiger partial charge in [-0.1, -0.05) is 60.2 Å². The van der Waals surface area contributed by atoms with Crippen molar-refractivity contribution in [2.75, 3.05) is 6.61 Å². The molecule has 0 spiro atoms. The van der Waals surface area contributed by atoms with Gasteiger partial charge in [0, 0.05) is 0 Å². The summed E-state index contributed by atoms with van der Waals surface area (Å²) in [5.74, 6) is -5.73. The molecule has 0 aromatic heterocycles. The average Bonchev–Trinajstić information content (AvgIpc) is 2.66. The Labute approximate surface area is 157 Å². The number of halogens is 2. The van der Waals surface area contributed by atoms with E-state index >= 15 is 0 Å². The Balaban J connectivity index is 2.28. The molecular formula is C21H22F2O4. The zero-order chi connectivity index (χ0) is 19.9. The number of benzene rings is 2. The van der Waals surface area contributed by atoms with Gasteiger partial charge in [0.15, 0.2) is 11.9 Å². The van der Waals surface area contributed by atoms with Crippen LogP contribution in [0.25, 0.3) is 0 Å². The molecule has 4 nitrogen and oxygen atoms in total. The minimum atomic E-state index is -3.82. The number of aryl methyl sites for hydroxylation is 1. The lowest BCUT2D eigenvalue weighted by atomic mass is 10.0. The van der Waals surface area contributed by atoms with Gasteiger partial charge in [-0.25, -0.2) is 4.79 Å². The van der Waals surface area contributed by atoms with E-state index in [0.29, 0.717) is 11.6 Å². The summed E-state index contributed by atoms with van der Waals surface area (Å²) in [7, 11) is 0. The summed E-state index contributed by atoms with van der Waals surface area (Å²) < 4.78 is 39.8. The van der Waals surface area contributed by atoms with Crippen LogP contribution >= 0.6 is 0 Å². The zero-order valence-electron chi connectivity index (χ0n) is 15.2. The number of carbonyl (C=O) groups is 1. The molecule has 2 aromatic rings. The number of aliphatic hydroxyl groups is 1. The van der Waals surface area contributed by atoms with Crippen LogP contribution in [0, 0.1) is 6.92 Å². The van der Waals surface area contributed by atoms with E-state index in [1.165, 1.54) is 12.1 Å². The van der Waals surface area contributed by atoms with Crippen LogP contribution in [-0.2, 0) is 20.9 Å². The summed E-state index contributed by atoms with van der Waals surface area (Å²) in [6.07, 6.45) is -1.58. The molecule has 0 aliphatic heterocycles. The van der Waals surface area contributed by atoms with Crippen molar-refractivity contribution in [3.63, 3.8) is 0 Å². The minimum Gasteiger partial charge on any atom is -0.486 e. The van der Waals surface area contributed by atoms with Gasteiger partial charge < -0.3 is 14.6 Å². The highest BCUT2D eigenvalue weighted by Gasteiger charge is 2.45. The Kier molecular flexibility index (Phi) is 7.07. The van der Waals surface area contributed by atoms with Crippen LogP contribution in [0.2, 0.25) is 0 Å². The molecule has 0 bridgehead atoms. The molecule has 0 aliphatic carbocycles. The molecule has 1 atom stereocenters. The van der Waals surface area contributed by atoms with Gasteiger partial charge in [0.2, 0.25) is 0 Å². The van der Waals surface area contributed by atoms with E-state index in [9.17, 15) is 18.7 Å². The Morgan fingerprint density at radius 1 is 1.11 bits per heavy atom. The highest BCUT2D eigenvalue weighted by atomic mass is 19.3. The van der Waals surface area contributed by atoms with Gasteiger partial charge in [-0.3, -0.25) is 0 Å². The van der Waals surface area contributed by atoms with Crippen LogP contribution in [0.5, 0.6) is 0 Å². The smallest absolute Gasteiger partial charge is 0.334 e. The SMILES string of the molecule is CCOC(=O)/C=C(/OCc1ccccc1)C(F)(F)C(O)c1ccc(C)cc1. The van der Waals surface area contributed by atoms with Crippen LogP contribution in [-0.4, -0.2) is 23.6 Å². The summed E-state index contributed by atoms with van der Waals surface area (Å²) >= 11 is 0. The van der Waals surface area contributed by atoms with Gasteiger partial charge in [0.1, 0.15) is 6.61 Å². The van der Waals surface area contributed by atoms with E-state index in [1.807, 2.05) is 6.92 Å². The maximum atomic E-state index is 14.9. The van der Waals surface area contributed by atoms with Crippen molar-refractivity contribution in [3.8, 4) is 0 Å². The number of esters is 1. The highest BCUT2D eigenvalue weighted by molar-refractivity contribution is 5.82. The summed E-state index contributed by atoms with van der Waals surface area (Å²) in [4.78, 5) is 11.7. The minimum absolute atomic E-state index is 0.0173. The summed E-state index contributed by atoms with van der Waals surface area (Å²) in [5.41, 5.74) is 1.54. The number of ether oxygens (including phenoxy) is 2. The molecule has 2 aromatic carbocycles. The molecule has 27 heavy (non-hydrogen) atoms. The van der Waals surface area contributed by atoms with E-state index in [1.54, 1.807) is 49.4 Å². The molecule has 1 unspecified atom stereocenters. The number of aliphatic hydroxyl groups excluding tert-OH is 1. The standard InChI is InChI=1S/C21H22F2O4/c1-3-26-19(24)13-18(27-14-16-7-5-4-6-8-16)21(22,23)20(25)17-11-9-15(2)10-12-17/h4-13,20,25H,3,14H2,1-2H3/b18-13+. The molecule has 0 fully saturated rings. The van der Waals surface area contributed by atoms with Crippen LogP contribution < -0.4 is 0 Å². The van der Waals surface area contributed by atoms with Crippen molar-refractivity contribution in [2.24, 2.45) is 0 Å². The molecule has 0 amide bonds. The fraction of sp³-hybridized carbons (Fsp3) is 0.286. The second kappa shape index (κ2) is 9.28. The third kappa shape index (κ3) is 5.62. The van der Waals surface area contributed by atoms with Crippen LogP contribution in [0.15, 0.2) is 66.4 Å². The third-order valence-corrected chi connectivity index (χ3v) is 3.84. The van der Waals surface area contributed by atoms with Gasteiger partial charge in [-0.2, -0.15) is 8.78 Å². The van der Waals surface area contributed by atoms with Gasteiger partial charge in [-0.15, -0.1) is 0 Å². The Bertz CT molecular complexity index is 771. The lowest BCUT2D eigenvalue weighted by Gasteiger charge is -2.25. The first-order valence-electron chi connectivity index (χ1n) is 8.52. The molecule has 0 saturated heterocycles. The fourth-order valence-corrected chi connectivity index (χ4v) is 2.35. The number of rotatable bonds is 8. The predicted molar refractivity (Wildman–Crippen MR) is 97.0 cm³/mol. The molecule has 0 heterocycles. The van der Waals surface area contributed by atoms with E-state index in [-0.39, 0.29) is 18.8 Å². The first-order chi connectivity index (χ1) is 12.8. The van der Waals surface area contributed by atoms with E-state index in [0.717, 1.165) is 5.56 Å². The molecule has 6 heteroatoms. The van der Waals surface area contributed by atoms with Crippen molar-refractivity contribution >= 4 is 5.97 Å². The van der Waals surface area contributed by atoms with Gasteiger partial charge >= 0.3 is 11.9 Å². The van der Waals surface area contributed by atoms with E-state index in [2.05, 4.69) is 0 Å². The third-order valence-electron chi connectivity index (χ3n) is 3.84. The topological polar surface area (TPSA) is 55.8 Å². The summed E-state index contributed by atoms with van der Waals surface area (Å²) in [6, 6.07) is 14.7. The summed E-state index contributed by atoms with van der Waals surface area (Å²) in [6.45, 7) is 3.23. The zero-order valence-corrected chi connectivity index (χ0v) is 15.2. The second-order valence-corrected chi connectivity index (χ2v) is 5.97. The quantitative estimate of drug-likeness (QED) is 0.423. The van der Waals surface area contributed by atoms with Crippen molar-refractivity contribution in [3.05, 3.63) is 83.1 Å². The molecular weight excluding hydrogens is 354 g/mol. The largest absolute Gasteiger partial charge is 0.486 e. The van der Waals surface area contributed by atoms with Crippen molar-refractivity contribution < 1.29 is 28.2 Å². The molecule has 0 aliphatic rings. The predicted octanol–water partition coefficient (Wildman–Crippen LogP) is 4.33. The monoisotopic (exact) mass is 376 g/mol. The highest BCUT2D eigenvalue weighted by Crippen LogP contribution is 2.38. The van der Waals surface area contributed by atoms with Crippen LogP contribution in [0.1, 0.15) is 29.7 Å². The summed E-state index contributed by atoms with van der Waals surface area (Å²) in [5, 5.41) is 10.2. The number of carbonyl (C=O) groups excluding carboxylic acids is 1. The second-order valence-electron chi connectivity index (χ2n) is 5.97. The first kappa shape index (κ1) is 20.6. The van der Waals surface area contributed by atoms with Crippen molar-refractivity contribution in [1.82, 2.24) is 0 Å². The number of hydrogen-bond acceptors (Lipinski definition) is 4. The molecule has 0 saturated carbocycles. The lowest BCUT2D eigenvalue weighted by molar-refractivity contribution is -0.140. The first-order valence-corrected chi connectivity index (χ1v) is 8.52. The number of hydrogen-bond donors (Lipinski definition) is 1. The molecule has 0 radical (unpaired) electrons. The molecule has 2 rings (SSSR count). The van der Waals surface area contributed by atoms with Gasteiger partial charge in [-0.05, 0) is 25.0 Å². The van der Waals surface area contributed by atoms with Crippen molar-refractivity contribution in [1.29, 1.82) is 0 Å². The lowest BCUT2D eigenvalue weighted by Crippen LogP contribution is -2.31. The Hall–Kier alpha value is -2.73. The average molecular weight is 376 g/mol. The van der Waals surface area contributed by atoms with E-state index in [4.69, 9.17) is 9.47 Å². The Morgan fingerprint density at radius 2 is 1.74 bits per heavy atom.